The lowest BCUT2D eigenvalue weighted by molar-refractivity contribution is -0.0724. The second-order valence-corrected chi connectivity index (χ2v) is 8.20. The molecule has 114 valence electrons. The minimum Gasteiger partial charge on any atom is -0.316 e. The molecule has 2 nitrogen and oxygen atoms in total. The number of nitrogens with one attached hydrogen (secondary N) is 1. The fourth-order valence-electron chi connectivity index (χ4n) is 6.02. The van der Waals surface area contributed by atoms with Gasteiger partial charge in [0, 0.05) is 18.4 Å². The topological polar surface area (TPSA) is 24.9 Å². The molecule has 4 saturated carbocycles. The van der Waals surface area contributed by atoms with Gasteiger partial charge < -0.3 is 5.32 Å². The molecule has 1 atom stereocenters. The summed E-state index contributed by atoms with van der Waals surface area (Å²) >= 11 is 6.34. The number of hydrogen-bond acceptors (Lipinski definition) is 2. The zero-order chi connectivity index (χ0) is 14.4. The third-order valence-electron chi connectivity index (χ3n) is 6.45. The fourth-order valence-corrected chi connectivity index (χ4v) is 6.22. The van der Waals surface area contributed by atoms with E-state index in [0.29, 0.717) is 11.5 Å². The third-order valence-corrected chi connectivity index (χ3v) is 6.79. The highest BCUT2D eigenvalue weighted by molar-refractivity contribution is 6.31. The number of rotatable bonds is 4. The lowest BCUT2D eigenvalue weighted by atomic mass is 9.47. The van der Waals surface area contributed by atoms with Crippen molar-refractivity contribution in [3.8, 4) is 0 Å². The van der Waals surface area contributed by atoms with E-state index >= 15 is 0 Å². The van der Waals surface area contributed by atoms with Crippen molar-refractivity contribution in [2.24, 2.45) is 23.2 Å². The van der Waals surface area contributed by atoms with E-state index in [4.69, 9.17) is 11.6 Å². The molecule has 1 N–H and O–H groups in total. The Kier molecular flexibility index (Phi) is 3.50. The molecular formula is C18H25ClN2. The highest BCUT2D eigenvalue weighted by atomic mass is 35.5. The van der Waals surface area contributed by atoms with Crippen molar-refractivity contribution in [1.29, 1.82) is 0 Å². The zero-order valence-electron chi connectivity index (χ0n) is 12.8. The van der Waals surface area contributed by atoms with E-state index in [1.807, 2.05) is 6.20 Å². The summed E-state index contributed by atoms with van der Waals surface area (Å²) in [6.45, 7) is 0. The molecule has 0 saturated heterocycles. The number of pyridine rings is 1. The highest BCUT2D eigenvalue weighted by Gasteiger charge is 2.53. The predicted molar refractivity (Wildman–Crippen MR) is 86.4 cm³/mol. The van der Waals surface area contributed by atoms with Gasteiger partial charge in [-0.05, 0) is 86.8 Å². The van der Waals surface area contributed by atoms with Crippen LogP contribution in [0.2, 0.25) is 5.02 Å². The lowest BCUT2D eigenvalue weighted by Crippen LogP contribution is -2.56. The third kappa shape index (κ3) is 2.41. The van der Waals surface area contributed by atoms with Gasteiger partial charge in [-0.25, -0.2) is 0 Å². The smallest absolute Gasteiger partial charge is 0.0621 e. The van der Waals surface area contributed by atoms with Gasteiger partial charge in [0.05, 0.1) is 5.02 Å². The van der Waals surface area contributed by atoms with Gasteiger partial charge in [-0.15, -0.1) is 0 Å². The van der Waals surface area contributed by atoms with Crippen LogP contribution in [-0.2, 0) is 6.42 Å². The first-order valence-corrected chi connectivity index (χ1v) is 8.82. The van der Waals surface area contributed by atoms with E-state index in [2.05, 4.69) is 23.4 Å². The Morgan fingerprint density at radius 2 is 1.86 bits per heavy atom. The van der Waals surface area contributed by atoms with Gasteiger partial charge in [-0.2, -0.15) is 0 Å². The Labute approximate surface area is 132 Å². The molecule has 4 bridgehead atoms. The van der Waals surface area contributed by atoms with Gasteiger partial charge >= 0.3 is 0 Å². The summed E-state index contributed by atoms with van der Waals surface area (Å²) in [5.41, 5.74) is 1.78. The van der Waals surface area contributed by atoms with Gasteiger partial charge in [-0.3, -0.25) is 4.98 Å². The van der Waals surface area contributed by atoms with Crippen molar-refractivity contribution in [2.45, 2.75) is 51.0 Å². The summed E-state index contributed by atoms with van der Waals surface area (Å²) in [5, 5.41) is 4.48. The van der Waals surface area contributed by atoms with E-state index in [1.54, 1.807) is 6.20 Å². The minimum atomic E-state index is 0.524. The van der Waals surface area contributed by atoms with Gasteiger partial charge in [0.1, 0.15) is 0 Å². The van der Waals surface area contributed by atoms with Crippen molar-refractivity contribution >= 4 is 11.6 Å². The molecule has 0 spiro atoms. The van der Waals surface area contributed by atoms with Crippen molar-refractivity contribution < 1.29 is 0 Å². The maximum absolute atomic E-state index is 6.34. The van der Waals surface area contributed by atoms with Crippen LogP contribution in [0.3, 0.4) is 0 Å². The van der Waals surface area contributed by atoms with Gasteiger partial charge in [0.15, 0.2) is 0 Å². The SMILES string of the molecule is CNC(Cc1ccncc1Cl)C12CC3CC(CC(C3)C1)C2. The lowest BCUT2D eigenvalue weighted by Gasteiger charge is -2.59. The summed E-state index contributed by atoms with van der Waals surface area (Å²) in [7, 11) is 2.14. The zero-order valence-corrected chi connectivity index (χ0v) is 13.6. The van der Waals surface area contributed by atoms with Crippen LogP contribution in [0.5, 0.6) is 0 Å². The van der Waals surface area contributed by atoms with Crippen LogP contribution in [-0.4, -0.2) is 18.1 Å². The van der Waals surface area contributed by atoms with Crippen LogP contribution in [0.25, 0.3) is 0 Å². The number of aromatic nitrogens is 1. The number of nitrogens with zero attached hydrogens (tertiary/aromatic N) is 1. The molecule has 4 fully saturated rings. The van der Waals surface area contributed by atoms with E-state index in [-0.39, 0.29) is 0 Å². The second kappa shape index (κ2) is 5.24. The van der Waals surface area contributed by atoms with Gasteiger partial charge in [0.2, 0.25) is 0 Å². The maximum Gasteiger partial charge on any atom is 0.0621 e. The molecule has 0 radical (unpaired) electrons. The van der Waals surface area contributed by atoms with Gasteiger partial charge in [0.25, 0.3) is 0 Å². The van der Waals surface area contributed by atoms with Crippen molar-refractivity contribution in [1.82, 2.24) is 10.3 Å². The molecule has 3 heteroatoms. The van der Waals surface area contributed by atoms with Crippen LogP contribution in [0.4, 0.5) is 0 Å². The molecule has 0 aromatic carbocycles. The minimum absolute atomic E-state index is 0.524. The summed E-state index contributed by atoms with van der Waals surface area (Å²) in [5.74, 6) is 3.00. The van der Waals surface area contributed by atoms with Crippen molar-refractivity contribution in [3.05, 3.63) is 29.0 Å². The van der Waals surface area contributed by atoms with E-state index in [1.165, 1.54) is 44.1 Å². The molecule has 0 amide bonds. The Morgan fingerprint density at radius 1 is 1.24 bits per heavy atom. The Morgan fingerprint density at radius 3 is 2.38 bits per heavy atom. The van der Waals surface area contributed by atoms with E-state index in [0.717, 1.165) is 29.2 Å². The monoisotopic (exact) mass is 304 g/mol. The molecule has 5 rings (SSSR count). The van der Waals surface area contributed by atoms with E-state index < -0.39 is 0 Å². The average molecular weight is 305 g/mol. The molecule has 1 unspecified atom stereocenters. The molecular weight excluding hydrogens is 280 g/mol. The Hall–Kier alpha value is -0.600. The molecule has 1 heterocycles. The molecule has 1 aromatic heterocycles. The molecule has 1 aromatic rings. The first-order valence-electron chi connectivity index (χ1n) is 8.44. The average Bonchev–Trinajstić information content (AvgIpc) is 2.44. The summed E-state index contributed by atoms with van der Waals surface area (Å²) in [6.07, 6.45) is 13.5. The van der Waals surface area contributed by atoms with Crippen LogP contribution < -0.4 is 5.32 Å². The van der Waals surface area contributed by atoms with Crippen LogP contribution >= 0.6 is 11.6 Å². The Balaban J connectivity index is 1.60. The number of likely N-dealkylation sites (N-methyl/N-ethyl adjacent to an activating group) is 1. The predicted octanol–water partition coefficient (Wildman–Crippen LogP) is 4.08. The standard InChI is InChI=1S/C18H25ClN2/c1-20-17(7-15-2-3-21-11-16(15)19)18-8-12-4-13(9-18)6-14(5-12)10-18/h2-3,11-14,17,20H,4-10H2,1H3. The molecule has 21 heavy (non-hydrogen) atoms. The maximum atomic E-state index is 6.34. The van der Waals surface area contributed by atoms with E-state index in [9.17, 15) is 0 Å². The van der Waals surface area contributed by atoms with Crippen LogP contribution in [0, 0.1) is 23.2 Å². The van der Waals surface area contributed by atoms with Crippen LogP contribution in [0.15, 0.2) is 18.5 Å². The van der Waals surface area contributed by atoms with Crippen molar-refractivity contribution in [3.63, 3.8) is 0 Å². The summed E-state index contributed by atoms with van der Waals surface area (Å²) in [4.78, 5) is 4.12. The normalized spacial score (nSPS) is 38.7. The first kappa shape index (κ1) is 14.0. The largest absolute Gasteiger partial charge is 0.316 e. The summed E-state index contributed by atoms with van der Waals surface area (Å²) < 4.78 is 0. The second-order valence-electron chi connectivity index (χ2n) is 7.79. The molecule has 4 aliphatic rings. The molecule has 4 aliphatic carbocycles. The fraction of sp³-hybridized carbons (Fsp3) is 0.722. The van der Waals surface area contributed by atoms with Crippen molar-refractivity contribution in [2.75, 3.05) is 7.05 Å². The number of halogens is 1. The summed E-state index contributed by atoms with van der Waals surface area (Å²) in [6, 6.07) is 2.65. The quantitative estimate of drug-likeness (QED) is 0.906. The van der Waals surface area contributed by atoms with Crippen LogP contribution in [0.1, 0.15) is 44.1 Å². The molecule has 0 aliphatic heterocycles. The highest BCUT2D eigenvalue weighted by Crippen LogP contribution is 2.61. The van der Waals surface area contributed by atoms with Gasteiger partial charge in [-0.1, -0.05) is 11.6 Å². The Bertz CT molecular complexity index is 492. The number of hydrogen-bond donors (Lipinski definition) is 1. The first-order chi connectivity index (χ1) is 10.2.